The van der Waals surface area contributed by atoms with Crippen LogP contribution in [0.15, 0.2) is 30.3 Å². The fourth-order valence-electron chi connectivity index (χ4n) is 1.29. The van der Waals surface area contributed by atoms with Crippen LogP contribution in [0.1, 0.15) is 19.4 Å². The first kappa shape index (κ1) is 14.6. The van der Waals surface area contributed by atoms with Gasteiger partial charge in [0, 0.05) is 0 Å². The standard InChI is InChI=1S/C13H18N2O2S/c1-3-18-12(14)10(2)15-13(16)17-9-11-7-5-4-6-8-11/h4-8,10,14H,3,9H2,1-2H3,(H,15,16). The van der Waals surface area contributed by atoms with Crippen molar-refractivity contribution in [3.63, 3.8) is 0 Å². The molecule has 2 N–H and O–H groups in total. The van der Waals surface area contributed by atoms with Gasteiger partial charge in [0.05, 0.1) is 11.1 Å². The molecule has 0 bridgehead atoms. The molecule has 1 rings (SSSR count). The molecule has 1 unspecified atom stereocenters. The normalized spacial score (nSPS) is 11.7. The summed E-state index contributed by atoms with van der Waals surface area (Å²) in [6.07, 6.45) is -0.493. The van der Waals surface area contributed by atoms with Crippen LogP contribution in [0.25, 0.3) is 0 Å². The van der Waals surface area contributed by atoms with Gasteiger partial charge in [0.15, 0.2) is 0 Å². The molecule has 1 atom stereocenters. The van der Waals surface area contributed by atoms with E-state index in [4.69, 9.17) is 10.1 Å². The van der Waals surface area contributed by atoms with E-state index >= 15 is 0 Å². The summed E-state index contributed by atoms with van der Waals surface area (Å²) in [5.41, 5.74) is 0.943. The van der Waals surface area contributed by atoms with Gasteiger partial charge in [-0.2, -0.15) is 0 Å². The smallest absolute Gasteiger partial charge is 0.408 e. The number of benzene rings is 1. The van der Waals surface area contributed by atoms with E-state index in [0.29, 0.717) is 5.04 Å². The summed E-state index contributed by atoms with van der Waals surface area (Å²) in [7, 11) is 0. The minimum atomic E-state index is -0.493. The molecule has 0 fully saturated rings. The molecule has 0 aliphatic carbocycles. The maximum absolute atomic E-state index is 11.5. The maximum atomic E-state index is 11.5. The van der Waals surface area contributed by atoms with Gasteiger partial charge in [-0.15, -0.1) is 11.8 Å². The van der Waals surface area contributed by atoms with E-state index in [1.165, 1.54) is 11.8 Å². The molecule has 18 heavy (non-hydrogen) atoms. The number of carbonyl (C=O) groups is 1. The van der Waals surface area contributed by atoms with Crippen molar-refractivity contribution < 1.29 is 9.53 Å². The number of nitrogens with one attached hydrogen (secondary N) is 2. The first-order valence-electron chi connectivity index (χ1n) is 5.82. The lowest BCUT2D eigenvalue weighted by Gasteiger charge is -2.14. The van der Waals surface area contributed by atoms with Gasteiger partial charge < -0.3 is 10.1 Å². The van der Waals surface area contributed by atoms with Crippen molar-refractivity contribution in [2.45, 2.75) is 26.5 Å². The molecule has 1 aromatic carbocycles. The lowest BCUT2D eigenvalue weighted by atomic mass is 10.2. The van der Waals surface area contributed by atoms with Gasteiger partial charge in [0.1, 0.15) is 6.61 Å². The molecular weight excluding hydrogens is 248 g/mol. The molecule has 1 amide bonds. The van der Waals surface area contributed by atoms with Crippen LogP contribution in [0, 0.1) is 5.41 Å². The Morgan fingerprint density at radius 3 is 2.72 bits per heavy atom. The predicted molar refractivity (Wildman–Crippen MR) is 75.1 cm³/mol. The van der Waals surface area contributed by atoms with Gasteiger partial charge in [0.25, 0.3) is 0 Å². The Bertz CT molecular complexity index is 395. The van der Waals surface area contributed by atoms with E-state index in [-0.39, 0.29) is 12.6 Å². The molecule has 0 radical (unpaired) electrons. The van der Waals surface area contributed by atoms with Crippen LogP contribution in [0.4, 0.5) is 4.79 Å². The molecule has 0 saturated carbocycles. The van der Waals surface area contributed by atoms with E-state index in [9.17, 15) is 4.79 Å². The van der Waals surface area contributed by atoms with Crippen LogP contribution < -0.4 is 5.32 Å². The van der Waals surface area contributed by atoms with Gasteiger partial charge >= 0.3 is 6.09 Å². The number of carbonyl (C=O) groups excluding carboxylic acids is 1. The third-order valence-electron chi connectivity index (χ3n) is 2.24. The Hall–Kier alpha value is -1.49. The molecule has 0 aliphatic heterocycles. The van der Waals surface area contributed by atoms with Crippen LogP contribution in [0.2, 0.25) is 0 Å². The highest BCUT2D eigenvalue weighted by Crippen LogP contribution is 2.06. The molecule has 0 heterocycles. The Labute approximate surface area is 112 Å². The minimum absolute atomic E-state index is 0.244. The predicted octanol–water partition coefficient (Wildman–Crippen LogP) is 3.03. The zero-order chi connectivity index (χ0) is 13.4. The molecule has 1 aromatic rings. The first-order chi connectivity index (χ1) is 8.63. The van der Waals surface area contributed by atoms with Crippen LogP contribution in [0.3, 0.4) is 0 Å². The van der Waals surface area contributed by atoms with E-state index in [1.807, 2.05) is 37.3 Å². The summed E-state index contributed by atoms with van der Waals surface area (Å²) in [4.78, 5) is 11.5. The molecule has 5 heteroatoms. The van der Waals surface area contributed by atoms with E-state index in [2.05, 4.69) is 5.32 Å². The number of alkyl carbamates (subject to hydrolysis) is 1. The largest absolute Gasteiger partial charge is 0.445 e. The Balaban J connectivity index is 2.31. The topological polar surface area (TPSA) is 62.2 Å². The van der Waals surface area contributed by atoms with Crippen molar-refractivity contribution in [2.24, 2.45) is 0 Å². The molecule has 0 spiro atoms. The summed E-state index contributed by atoms with van der Waals surface area (Å²) in [5.74, 6) is 0.823. The molecule has 4 nitrogen and oxygen atoms in total. The third-order valence-corrected chi connectivity index (χ3v) is 3.19. The summed E-state index contributed by atoms with van der Waals surface area (Å²) in [5, 5.41) is 10.7. The fourth-order valence-corrected chi connectivity index (χ4v) is 1.91. The van der Waals surface area contributed by atoms with Crippen molar-refractivity contribution in [3.05, 3.63) is 35.9 Å². The average Bonchev–Trinajstić information content (AvgIpc) is 2.38. The molecule has 0 saturated heterocycles. The number of ether oxygens (including phenoxy) is 1. The van der Waals surface area contributed by atoms with E-state index in [1.54, 1.807) is 6.92 Å². The van der Waals surface area contributed by atoms with Crippen molar-refractivity contribution >= 4 is 22.9 Å². The molecule has 0 aliphatic rings. The number of amides is 1. The van der Waals surface area contributed by atoms with Crippen molar-refractivity contribution in [2.75, 3.05) is 5.75 Å². The van der Waals surface area contributed by atoms with Crippen LogP contribution in [-0.2, 0) is 11.3 Å². The van der Waals surface area contributed by atoms with Crippen molar-refractivity contribution in [1.82, 2.24) is 5.32 Å². The molecule has 98 valence electrons. The van der Waals surface area contributed by atoms with Crippen molar-refractivity contribution in [3.8, 4) is 0 Å². The summed E-state index contributed by atoms with van der Waals surface area (Å²) < 4.78 is 5.07. The van der Waals surface area contributed by atoms with E-state index < -0.39 is 6.09 Å². The number of rotatable bonds is 5. The van der Waals surface area contributed by atoms with Crippen LogP contribution >= 0.6 is 11.8 Å². The van der Waals surface area contributed by atoms with Crippen LogP contribution in [-0.4, -0.2) is 22.9 Å². The summed E-state index contributed by atoms with van der Waals surface area (Å²) in [6.45, 7) is 3.99. The summed E-state index contributed by atoms with van der Waals surface area (Å²) >= 11 is 1.41. The molecule has 0 aromatic heterocycles. The van der Waals surface area contributed by atoms with Crippen LogP contribution in [0.5, 0.6) is 0 Å². The van der Waals surface area contributed by atoms with Gasteiger partial charge in [-0.25, -0.2) is 4.79 Å². The van der Waals surface area contributed by atoms with Gasteiger partial charge in [-0.3, -0.25) is 5.41 Å². The van der Waals surface area contributed by atoms with Gasteiger partial charge in [-0.05, 0) is 18.2 Å². The number of thioether (sulfide) groups is 1. The zero-order valence-electron chi connectivity index (χ0n) is 10.6. The monoisotopic (exact) mass is 266 g/mol. The number of hydrogen-bond donors (Lipinski definition) is 2. The van der Waals surface area contributed by atoms with Crippen molar-refractivity contribution in [1.29, 1.82) is 5.41 Å². The maximum Gasteiger partial charge on any atom is 0.408 e. The van der Waals surface area contributed by atoms with E-state index in [0.717, 1.165) is 11.3 Å². The fraction of sp³-hybridized carbons (Fsp3) is 0.385. The van der Waals surface area contributed by atoms with Gasteiger partial charge in [0.2, 0.25) is 0 Å². The lowest BCUT2D eigenvalue weighted by molar-refractivity contribution is 0.138. The SMILES string of the molecule is CCSC(=N)C(C)NC(=O)OCc1ccccc1. The molecular formula is C13H18N2O2S. The first-order valence-corrected chi connectivity index (χ1v) is 6.80. The second-order valence-electron chi connectivity index (χ2n) is 3.73. The highest BCUT2D eigenvalue weighted by molar-refractivity contribution is 8.13. The minimum Gasteiger partial charge on any atom is -0.445 e. The average molecular weight is 266 g/mol. The second-order valence-corrected chi connectivity index (χ2v) is 5.03. The Morgan fingerprint density at radius 2 is 2.11 bits per heavy atom. The lowest BCUT2D eigenvalue weighted by Crippen LogP contribution is -2.37. The second kappa shape index (κ2) is 7.76. The quantitative estimate of drug-likeness (QED) is 0.636. The zero-order valence-corrected chi connectivity index (χ0v) is 11.4. The third kappa shape index (κ3) is 5.23. The highest BCUT2D eigenvalue weighted by atomic mass is 32.2. The number of hydrogen-bond acceptors (Lipinski definition) is 4. The Kier molecular flexibility index (Phi) is 6.28. The Morgan fingerprint density at radius 1 is 1.44 bits per heavy atom. The summed E-state index contributed by atoms with van der Waals surface area (Å²) in [6, 6.07) is 9.18. The van der Waals surface area contributed by atoms with Gasteiger partial charge in [-0.1, -0.05) is 37.3 Å². The highest BCUT2D eigenvalue weighted by Gasteiger charge is 2.12.